The van der Waals surface area contributed by atoms with Crippen molar-refractivity contribution >= 4 is 11.6 Å². The summed E-state index contributed by atoms with van der Waals surface area (Å²) in [5.41, 5.74) is 6.09. The SMILES string of the molecule is O=C(O)c1cc2nc(-c3ccccc3OCc3ccccc3)cc(-c3ccc(C4CC4)cc3)n2n1. The molecule has 35 heavy (non-hydrogen) atoms. The second kappa shape index (κ2) is 8.72. The van der Waals surface area contributed by atoms with Gasteiger partial charge in [-0.25, -0.2) is 14.3 Å². The highest BCUT2D eigenvalue weighted by Crippen LogP contribution is 2.40. The normalized spacial score (nSPS) is 13.1. The first-order valence-electron chi connectivity index (χ1n) is 11.7. The van der Waals surface area contributed by atoms with Crippen molar-refractivity contribution in [2.24, 2.45) is 0 Å². The maximum atomic E-state index is 11.7. The monoisotopic (exact) mass is 461 g/mol. The smallest absolute Gasteiger partial charge is 0.356 e. The van der Waals surface area contributed by atoms with Crippen molar-refractivity contribution in [2.45, 2.75) is 25.4 Å². The summed E-state index contributed by atoms with van der Waals surface area (Å²) in [6, 6.07) is 29.7. The molecule has 0 spiro atoms. The maximum absolute atomic E-state index is 11.7. The zero-order chi connectivity index (χ0) is 23.8. The number of benzene rings is 3. The fraction of sp³-hybridized carbons (Fsp3) is 0.138. The number of carboxylic acid groups (broad SMARTS) is 1. The zero-order valence-electron chi connectivity index (χ0n) is 19.0. The molecule has 1 fully saturated rings. The first-order valence-corrected chi connectivity index (χ1v) is 11.7. The molecule has 3 aromatic carbocycles. The van der Waals surface area contributed by atoms with Gasteiger partial charge in [-0.05, 0) is 48.1 Å². The van der Waals surface area contributed by atoms with Crippen LogP contribution in [-0.4, -0.2) is 25.7 Å². The second-order valence-corrected chi connectivity index (χ2v) is 8.80. The molecule has 0 radical (unpaired) electrons. The number of aromatic carboxylic acids is 1. The number of ether oxygens (including phenoxy) is 1. The Morgan fingerprint density at radius 1 is 0.943 bits per heavy atom. The maximum Gasteiger partial charge on any atom is 0.356 e. The summed E-state index contributed by atoms with van der Waals surface area (Å²) < 4.78 is 7.77. The van der Waals surface area contributed by atoms with Gasteiger partial charge in [-0.1, -0.05) is 66.7 Å². The Morgan fingerprint density at radius 3 is 2.43 bits per heavy atom. The lowest BCUT2D eigenvalue weighted by molar-refractivity contribution is 0.0690. The van der Waals surface area contributed by atoms with Gasteiger partial charge in [-0.2, -0.15) is 5.10 Å². The standard InChI is InChI=1S/C29H23N3O3/c33-29(34)25-17-28-30-24(23-8-4-5-9-27(23)35-18-19-6-2-1-3-7-19)16-26(32(28)31-25)22-14-12-21(13-15-22)20-10-11-20/h1-9,12-17,20H,10-11,18H2,(H,33,34). The molecule has 6 rings (SSSR count). The first-order chi connectivity index (χ1) is 17.2. The van der Waals surface area contributed by atoms with E-state index in [1.165, 1.54) is 24.5 Å². The lowest BCUT2D eigenvalue weighted by Gasteiger charge is -2.13. The van der Waals surface area contributed by atoms with E-state index in [-0.39, 0.29) is 5.69 Å². The molecule has 6 nitrogen and oxygen atoms in total. The molecule has 1 aliphatic carbocycles. The van der Waals surface area contributed by atoms with Crippen LogP contribution in [0, 0.1) is 0 Å². The largest absolute Gasteiger partial charge is 0.488 e. The molecule has 2 aromatic heterocycles. The molecular formula is C29H23N3O3. The number of aromatic nitrogens is 3. The Kier molecular flexibility index (Phi) is 5.26. The van der Waals surface area contributed by atoms with E-state index in [9.17, 15) is 9.90 Å². The Morgan fingerprint density at radius 2 is 1.69 bits per heavy atom. The van der Waals surface area contributed by atoms with Crippen molar-refractivity contribution in [3.8, 4) is 28.3 Å². The van der Waals surface area contributed by atoms with Crippen molar-refractivity contribution in [2.75, 3.05) is 0 Å². The van der Waals surface area contributed by atoms with Crippen molar-refractivity contribution in [3.63, 3.8) is 0 Å². The summed E-state index contributed by atoms with van der Waals surface area (Å²) in [4.78, 5) is 16.4. The number of para-hydroxylation sites is 1. The third kappa shape index (κ3) is 4.26. The van der Waals surface area contributed by atoms with Gasteiger partial charge in [-0.3, -0.25) is 0 Å². The van der Waals surface area contributed by atoms with Crippen molar-refractivity contribution in [1.29, 1.82) is 0 Å². The minimum atomic E-state index is -1.08. The molecule has 5 aromatic rings. The molecule has 1 N–H and O–H groups in total. The number of hydrogen-bond acceptors (Lipinski definition) is 4. The van der Waals surface area contributed by atoms with Gasteiger partial charge >= 0.3 is 5.97 Å². The summed E-state index contributed by atoms with van der Waals surface area (Å²) in [5.74, 6) is 0.286. The van der Waals surface area contributed by atoms with Crippen LogP contribution in [0.2, 0.25) is 0 Å². The third-order valence-corrected chi connectivity index (χ3v) is 6.30. The number of rotatable bonds is 7. The fourth-order valence-corrected chi connectivity index (χ4v) is 4.30. The quantitative estimate of drug-likeness (QED) is 0.311. The predicted octanol–water partition coefficient (Wildman–Crippen LogP) is 6.22. The van der Waals surface area contributed by atoms with Crippen LogP contribution in [0.4, 0.5) is 0 Å². The van der Waals surface area contributed by atoms with E-state index >= 15 is 0 Å². The summed E-state index contributed by atoms with van der Waals surface area (Å²) in [6.45, 7) is 0.436. The summed E-state index contributed by atoms with van der Waals surface area (Å²) in [7, 11) is 0. The number of carboxylic acids is 1. The lowest BCUT2D eigenvalue weighted by Crippen LogP contribution is -2.02. The molecule has 0 aliphatic heterocycles. The van der Waals surface area contributed by atoms with Crippen LogP contribution in [-0.2, 0) is 6.61 Å². The van der Waals surface area contributed by atoms with E-state index in [0.29, 0.717) is 29.6 Å². The fourth-order valence-electron chi connectivity index (χ4n) is 4.30. The summed E-state index contributed by atoms with van der Waals surface area (Å²) in [6.07, 6.45) is 2.48. The van der Waals surface area contributed by atoms with Crippen molar-refractivity contribution < 1.29 is 14.6 Å². The minimum absolute atomic E-state index is 0.0425. The molecule has 6 heteroatoms. The van der Waals surface area contributed by atoms with E-state index < -0.39 is 5.97 Å². The highest BCUT2D eigenvalue weighted by atomic mass is 16.5. The van der Waals surface area contributed by atoms with Gasteiger partial charge in [-0.15, -0.1) is 0 Å². The summed E-state index contributed by atoms with van der Waals surface area (Å²) in [5, 5.41) is 13.9. The van der Waals surface area contributed by atoms with Crippen LogP contribution in [0.25, 0.3) is 28.2 Å². The van der Waals surface area contributed by atoms with Gasteiger partial charge in [0.05, 0.1) is 11.4 Å². The Hall–Kier alpha value is -4.45. The van der Waals surface area contributed by atoms with Crippen LogP contribution >= 0.6 is 0 Å². The zero-order valence-corrected chi connectivity index (χ0v) is 19.0. The van der Waals surface area contributed by atoms with Crippen LogP contribution in [0.15, 0.2) is 91.0 Å². The van der Waals surface area contributed by atoms with Crippen molar-refractivity contribution in [3.05, 3.63) is 108 Å². The average molecular weight is 462 g/mol. The lowest BCUT2D eigenvalue weighted by atomic mass is 10.0. The van der Waals surface area contributed by atoms with E-state index in [0.717, 1.165) is 22.4 Å². The van der Waals surface area contributed by atoms with Gasteiger partial charge in [0.15, 0.2) is 11.3 Å². The molecule has 0 atom stereocenters. The first kappa shape index (κ1) is 21.1. The highest BCUT2D eigenvalue weighted by molar-refractivity contribution is 5.87. The predicted molar refractivity (Wildman–Crippen MR) is 134 cm³/mol. The van der Waals surface area contributed by atoms with E-state index in [1.807, 2.05) is 60.7 Å². The van der Waals surface area contributed by atoms with E-state index in [2.05, 4.69) is 29.4 Å². The van der Waals surface area contributed by atoms with Gasteiger partial charge in [0.2, 0.25) is 0 Å². The van der Waals surface area contributed by atoms with Crippen molar-refractivity contribution in [1.82, 2.24) is 14.6 Å². The van der Waals surface area contributed by atoms with Gasteiger partial charge in [0.1, 0.15) is 12.4 Å². The molecule has 0 bridgehead atoms. The molecular weight excluding hydrogens is 438 g/mol. The highest BCUT2D eigenvalue weighted by Gasteiger charge is 2.23. The topological polar surface area (TPSA) is 76.7 Å². The number of fused-ring (bicyclic) bond motifs is 1. The Labute approximate surface area is 202 Å². The summed E-state index contributed by atoms with van der Waals surface area (Å²) >= 11 is 0. The molecule has 0 unspecified atom stereocenters. The van der Waals surface area contributed by atoms with Crippen LogP contribution < -0.4 is 4.74 Å². The Bertz CT molecular complexity index is 1520. The molecule has 1 saturated carbocycles. The van der Waals surface area contributed by atoms with Crippen LogP contribution in [0.5, 0.6) is 5.75 Å². The van der Waals surface area contributed by atoms with E-state index in [4.69, 9.17) is 9.72 Å². The van der Waals surface area contributed by atoms with Crippen LogP contribution in [0.1, 0.15) is 40.4 Å². The third-order valence-electron chi connectivity index (χ3n) is 6.30. The molecule has 172 valence electrons. The van der Waals surface area contributed by atoms with Crippen LogP contribution in [0.3, 0.4) is 0 Å². The van der Waals surface area contributed by atoms with Gasteiger partial charge in [0.25, 0.3) is 0 Å². The molecule has 1 aliphatic rings. The van der Waals surface area contributed by atoms with Gasteiger partial charge in [0, 0.05) is 17.2 Å². The number of nitrogens with zero attached hydrogens (tertiary/aromatic N) is 3. The second-order valence-electron chi connectivity index (χ2n) is 8.80. The average Bonchev–Trinajstić information content (AvgIpc) is 3.66. The molecule has 2 heterocycles. The van der Waals surface area contributed by atoms with E-state index in [1.54, 1.807) is 4.52 Å². The van der Waals surface area contributed by atoms with Gasteiger partial charge < -0.3 is 9.84 Å². The molecule has 0 amide bonds. The number of hydrogen-bond donors (Lipinski definition) is 1. The Balaban J connectivity index is 1.44. The number of carbonyl (C=O) groups is 1. The molecule has 0 saturated heterocycles. The minimum Gasteiger partial charge on any atom is -0.488 e.